The molecule has 1 atom stereocenters. The van der Waals surface area contributed by atoms with Crippen molar-refractivity contribution in [1.29, 1.82) is 0 Å². The fourth-order valence-electron chi connectivity index (χ4n) is 2.66. The van der Waals surface area contributed by atoms with Crippen LogP contribution >= 0.6 is 11.6 Å². The van der Waals surface area contributed by atoms with E-state index in [0.717, 1.165) is 23.6 Å². The molecule has 2 aromatic heterocycles. The van der Waals surface area contributed by atoms with Gasteiger partial charge in [-0.15, -0.1) is 10.2 Å². The summed E-state index contributed by atoms with van der Waals surface area (Å²) < 4.78 is 7.60. The molecule has 100 valence electrons. The fraction of sp³-hybridized carbons (Fsp3) is 0.214. The van der Waals surface area contributed by atoms with Gasteiger partial charge in [0.1, 0.15) is 11.6 Å². The third-order valence-corrected chi connectivity index (χ3v) is 3.85. The van der Waals surface area contributed by atoms with E-state index in [1.54, 1.807) is 6.20 Å². The highest BCUT2D eigenvalue weighted by Crippen LogP contribution is 2.37. The van der Waals surface area contributed by atoms with Crippen molar-refractivity contribution in [2.75, 3.05) is 6.61 Å². The summed E-state index contributed by atoms with van der Waals surface area (Å²) in [6.07, 6.45) is 4.37. The molecule has 0 aliphatic carbocycles. The molecule has 0 fully saturated rings. The van der Waals surface area contributed by atoms with Gasteiger partial charge < -0.3 is 4.74 Å². The van der Waals surface area contributed by atoms with Crippen LogP contribution < -0.4 is 4.74 Å². The molecule has 3 aromatic rings. The number of hydrogen-bond donors (Lipinski definition) is 0. The maximum atomic E-state index is 6.05. The van der Waals surface area contributed by atoms with Gasteiger partial charge in [-0.3, -0.25) is 4.40 Å². The van der Waals surface area contributed by atoms with Crippen LogP contribution in [0.4, 0.5) is 0 Å². The zero-order chi connectivity index (χ0) is 13.5. The SMILES string of the molecule is Clc1nccn2c(C3CCOc4ccccc43)nnc12. The molecule has 1 aliphatic heterocycles. The van der Waals surface area contributed by atoms with Gasteiger partial charge >= 0.3 is 0 Å². The first kappa shape index (κ1) is 11.7. The van der Waals surface area contributed by atoms with Crippen LogP contribution in [0.1, 0.15) is 23.7 Å². The Hall–Kier alpha value is -2.14. The van der Waals surface area contributed by atoms with E-state index in [1.807, 2.05) is 28.8 Å². The first-order valence-electron chi connectivity index (χ1n) is 6.41. The lowest BCUT2D eigenvalue weighted by Crippen LogP contribution is -2.17. The summed E-state index contributed by atoms with van der Waals surface area (Å²) in [5.74, 6) is 1.95. The lowest BCUT2D eigenvalue weighted by molar-refractivity contribution is 0.274. The molecule has 20 heavy (non-hydrogen) atoms. The Morgan fingerprint density at radius 1 is 1.25 bits per heavy atom. The quantitative estimate of drug-likeness (QED) is 0.690. The second-order valence-corrected chi connectivity index (χ2v) is 5.06. The first-order valence-corrected chi connectivity index (χ1v) is 6.79. The van der Waals surface area contributed by atoms with Crippen LogP contribution in [0.25, 0.3) is 5.65 Å². The van der Waals surface area contributed by atoms with Crippen molar-refractivity contribution in [3.8, 4) is 5.75 Å². The molecule has 6 heteroatoms. The van der Waals surface area contributed by atoms with Gasteiger partial charge in [-0.25, -0.2) is 4.98 Å². The average Bonchev–Trinajstić information content (AvgIpc) is 2.92. The van der Waals surface area contributed by atoms with E-state index in [0.29, 0.717) is 17.4 Å². The Morgan fingerprint density at radius 3 is 3.10 bits per heavy atom. The Balaban J connectivity index is 1.91. The molecular weight excluding hydrogens is 276 g/mol. The molecule has 0 radical (unpaired) electrons. The van der Waals surface area contributed by atoms with Gasteiger partial charge in [0.25, 0.3) is 0 Å². The zero-order valence-electron chi connectivity index (χ0n) is 10.5. The average molecular weight is 287 g/mol. The third kappa shape index (κ3) is 1.67. The summed E-state index contributed by atoms with van der Waals surface area (Å²) in [6.45, 7) is 0.676. The second kappa shape index (κ2) is 4.45. The number of para-hydroxylation sites is 1. The van der Waals surface area contributed by atoms with E-state index < -0.39 is 0 Å². The zero-order valence-corrected chi connectivity index (χ0v) is 11.3. The molecule has 0 saturated carbocycles. The van der Waals surface area contributed by atoms with Crippen LogP contribution in [0, 0.1) is 0 Å². The van der Waals surface area contributed by atoms with Crippen molar-refractivity contribution < 1.29 is 4.74 Å². The minimum absolute atomic E-state index is 0.161. The molecule has 4 rings (SSSR count). The summed E-state index contributed by atoms with van der Waals surface area (Å²) >= 11 is 6.05. The molecule has 1 aromatic carbocycles. The van der Waals surface area contributed by atoms with Crippen molar-refractivity contribution in [3.05, 3.63) is 53.2 Å². The molecule has 1 unspecified atom stereocenters. The molecule has 0 amide bonds. The number of rotatable bonds is 1. The number of hydrogen-bond acceptors (Lipinski definition) is 4. The van der Waals surface area contributed by atoms with Crippen LogP contribution in [-0.4, -0.2) is 26.2 Å². The normalized spacial score (nSPS) is 17.8. The Morgan fingerprint density at radius 2 is 2.15 bits per heavy atom. The molecule has 1 aliphatic rings. The van der Waals surface area contributed by atoms with Crippen molar-refractivity contribution >= 4 is 17.2 Å². The number of ether oxygens (including phenoxy) is 1. The monoisotopic (exact) mass is 286 g/mol. The Bertz CT molecular complexity index is 786. The predicted molar refractivity (Wildman–Crippen MR) is 74.2 cm³/mol. The highest BCUT2D eigenvalue weighted by molar-refractivity contribution is 6.32. The van der Waals surface area contributed by atoms with Crippen LogP contribution in [-0.2, 0) is 0 Å². The molecule has 0 bridgehead atoms. The van der Waals surface area contributed by atoms with Crippen molar-refractivity contribution in [2.24, 2.45) is 0 Å². The maximum absolute atomic E-state index is 6.05. The molecule has 0 N–H and O–H groups in total. The Kier molecular flexibility index (Phi) is 2.60. The molecule has 5 nitrogen and oxygen atoms in total. The van der Waals surface area contributed by atoms with Crippen LogP contribution in [0.5, 0.6) is 5.75 Å². The fourth-order valence-corrected chi connectivity index (χ4v) is 2.85. The highest BCUT2D eigenvalue weighted by atomic mass is 35.5. The van der Waals surface area contributed by atoms with Crippen LogP contribution in [0.2, 0.25) is 5.15 Å². The van der Waals surface area contributed by atoms with Crippen molar-refractivity contribution in [3.63, 3.8) is 0 Å². The van der Waals surface area contributed by atoms with Gasteiger partial charge in [0.15, 0.2) is 10.8 Å². The van der Waals surface area contributed by atoms with E-state index in [-0.39, 0.29) is 5.92 Å². The van der Waals surface area contributed by atoms with Gasteiger partial charge in [0, 0.05) is 18.0 Å². The van der Waals surface area contributed by atoms with E-state index in [4.69, 9.17) is 16.3 Å². The first-order chi connectivity index (χ1) is 9.84. The van der Waals surface area contributed by atoms with Crippen molar-refractivity contribution in [1.82, 2.24) is 19.6 Å². The van der Waals surface area contributed by atoms with Crippen LogP contribution in [0.15, 0.2) is 36.7 Å². The van der Waals surface area contributed by atoms with E-state index in [1.165, 1.54) is 0 Å². The van der Waals surface area contributed by atoms with Gasteiger partial charge in [-0.05, 0) is 12.5 Å². The standard InChI is InChI=1S/C14H11ClN4O/c15-12-14-18-17-13(19(14)7-6-16-12)10-5-8-20-11-4-2-1-3-9(10)11/h1-4,6-7,10H,5,8H2. The summed E-state index contributed by atoms with van der Waals surface area (Å²) in [5.41, 5.74) is 1.73. The molecule has 0 saturated heterocycles. The van der Waals surface area contributed by atoms with E-state index >= 15 is 0 Å². The summed E-state index contributed by atoms with van der Waals surface area (Å²) in [6, 6.07) is 8.05. The van der Waals surface area contributed by atoms with Crippen LogP contribution in [0.3, 0.4) is 0 Å². The summed E-state index contributed by atoms with van der Waals surface area (Å²) in [5, 5.41) is 8.82. The molecule has 3 heterocycles. The predicted octanol–water partition coefficient (Wildman–Crippen LogP) is 2.69. The maximum Gasteiger partial charge on any atom is 0.198 e. The van der Waals surface area contributed by atoms with E-state index in [9.17, 15) is 0 Å². The summed E-state index contributed by atoms with van der Waals surface area (Å²) in [4.78, 5) is 4.03. The lowest BCUT2D eigenvalue weighted by Gasteiger charge is -2.24. The number of benzene rings is 1. The lowest BCUT2D eigenvalue weighted by atomic mass is 9.92. The van der Waals surface area contributed by atoms with Gasteiger partial charge in [0.05, 0.1) is 12.5 Å². The number of halogens is 1. The number of aromatic nitrogens is 4. The largest absolute Gasteiger partial charge is 0.493 e. The minimum Gasteiger partial charge on any atom is -0.493 e. The van der Waals surface area contributed by atoms with Gasteiger partial charge in [0.2, 0.25) is 0 Å². The van der Waals surface area contributed by atoms with Crippen molar-refractivity contribution in [2.45, 2.75) is 12.3 Å². The topological polar surface area (TPSA) is 52.3 Å². The summed E-state index contributed by atoms with van der Waals surface area (Å²) in [7, 11) is 0. The minimum atomic E-state index is 0.161. The van der Waals surface area contributed by atoms with Gasteiger partial charge in [-0.2, -0.15) is 0 Å². The number of fused-ring (bicyclic) bond motifs is 2. The van der Waals surface area contributed by atoms with E-state index in [2.05, 4.69) is 21.2 Å². The second-order valence-electron chi connectivity index (χ2n) is 4.70. The molecule has 0 spiro atoms. The highest BCUT2D eigenvalue weighted by Gasteiger charge is 2.27. The Labute approximate surface area is 120 Å². The third-order valence-electron chi connectivity index (χ3n) is 3.58. The smallest absolute Gasteiger partial charge is 0.198 e. The molecular formula is C14H11ClN4O. The number of nitrogens with zero attached hydrogens (tertiary/aromatic N) is 4. The van der Waals surface area contributed by atoms with Gasteiger partial charge in [-0.1, -0.05) is 29.8 Å².